The lowest BCUT2D eigenvalue weighted by atomic mass is 9.97. The van der Waals surface area contributed by atoms with Crippen LogP contribution < -0.4 is 87.2 Å². The number of H-pyrrole nitrogens is 5. The summed E-state index contributed by atoms with van der Waals surface area (Å²) in [6, 6.07) is 20.3. The molecular weight excluding hydrogens is 1770 g/mol. The number of nitrogens with two attached hydrogens (primary N) is 5. The van der Waals surface area contributed by atoms with E-state index in [0.29, 0.717) is 71.9 Å². The average molecular weight is 1910 g/mol. The van der Waals surface area contributed by atoms with Crippen molar-refractivity contribution < 1.29 is 62.3 Å². The minimum Gasteiger partial charge on any atom is -0.370 e. The highest BCUT2D eigenvalue weighted by Crippen LogP contribution is 2.31. The highest BCUT2D eigenvalue weighted by atomic mass is 16.2. The van der Waals surface area contributed by atoms with Crippen molar-refractivity contribution in [1.82, 2.24) is 98.1 Å². The lowest BCUT2D eigenvalue weighted by Crippen LogP contribution is -2.61. The first kappa shape index (κ1) is 102. The number of hydrogen-bond donors (Lipinski definition) is 23. The largest absolute Gasteiger partial charge is 0.370 e. The number of para-hydroxylation sites is 5. The molecule has 3 aliphatic heterocycles. The Morgan fingerprint density at radius 3 is 0.957 bits per heavy atom. The van der Waals surface area contributed by atoms with Crippen LogP contribution in [0.15, 0.2) is 152 Å². The van der Waals surface area contributed by atoms with Crippen LogP contribution in [0.2, 0.25) is 0 Å². The van der Waals surface area contributed by atoms with Gasteiger partial charge in [-0.25, -0.2) is 0 Å². The van der Waals surface area contributed by atoms with E-state index in [1.807, 2.05) is 149 Å². The molecule has 740 valence electrons. The van der Waals surface area contributed by atoms with Gasteiger partial charge < -0.3 is 127 Å². The van der Waals surface area contributed by atoms with Crippen LogP contribution in [0.5, 0.6) is 0 Å². The number of benzene rings is 5. The standard InChI is InChI=1S/C100H132N26O13/c1-5-57(4)85(102)95(136)123-79(45-56(2)3)96(137)124-42-20-36-82(124)92(133)118-76(46-58-51-110-68-28-11-6-23-63(58)68)89(130)116-74(33-16-17-39-101)88(129)121-80(49-61-54-113-71-31-14-9-26-66(61)71)97(138)125-43-21-38-84(125)94(135)120-78(48-60-53-112-70-30-13-8-25-65(60)70)91(132)122-81(50-62-55-114-72-32-15-10-27-67(62)72)98(139)126-44-22-37-83(126)93(134)119-77(47-59-52-111-69-29-12-7-24-64(59)69)90(131)117-75(35-19-41-109-100(106)107)87(128)115-73(86(103)127)34-18-40-108-99(104)105/h6-15,23-32,51-57,73-85,110-114H,5,16-22,33-50,101-102H2,1-4H3,(H2,103,127)(H,115,128)(H,116,130)(H,117,131)(H,118,133)(H,119,134)(H,120,135)(H,121,129)(H,122,132)(H,123,136)(H4,104,105,108)(H4,106,107,109)/t57-,73-,74-,75-,76-,77-,78+,79-,80-,81-,82-,83-,84-,85-/m0/s1. The molecule has 10 aromatic rings. The van der Waals surface area contributed by atoms with Gasteiger partial charge in [0.1, 0.15) is 72.5 Å². The Balaban J connectivity index is 0.772. The van der Waals surface area contributed by atoms with Gasteiger partial charge in [0.15, 0.2) is 11.9 Å². The summed E-state index contributed by atoms with van der Waals surface area (Å²) in [5, 5.41) is 50.7. The Morgan fingerprint density at radius 1 is 0.367 bits per heavy atom. The van der Waals surface area contributed by atoms with Crippen LogP contribution in [0.4, 0.5) is 0 Å². The van der Waals surface area contributed by atoms with Gasteiger partial charge >= 0.3 is 0 Å². The number of primary amides is 1. The molecule has 3 aliphatic rings. The van der Waals surface area contributed by atoms with E-state index in [1.54, 1.807) is 31.0 Å². The van der Waals surface area contributed by atoms with Crippen molar-refractivity contribution in [3.63, 3.8) is 0 Å². The Hall–Kier alpha value is -14.6. The van der Waals surface area contributed by atoms with E-state index in [1.165, 1.54) is 14.7 Å². The number of unbranched alkanes of at least 4 members (excludes halogenated alkanes) is 1. The van der Waals surface area contributed by atoms with Crippen molar-refractivity contribution in [2.24, 2.45) is 40.5 Å². The summed E-state index contributed by atoms with van der Waals surface area (Å²) in [5.74, 6) is -10.1. The minimum absolute atomic E-state index is 0.0147. The normalized spacial score (nSPS) is 17.2. The fourth-order valence-electron chi connectivity index (χ4n) is 19.2. The molecule has 0 radical (unpaired) electrons. The first-order chi connectivity index (χ1) is 66.9. The number of nitrogens with one attached hydrogen (secondary N) is 18. The monoisotopic (exact) mass is 1910 g/mol. The lowest BCUT2D eigenvalue weighted by molar-refractivity contribution is -0.143. The maximum absolute atomic E-state index is 16.1. The summed E-state index contributed by atoms with van der Waals surface area (Å²) < 4.78 is 0. The zero-order valence-electron chi connectivity index (χ0n) is 79.0. The quantitative estimate of drug-likeness (QED) is 0.0147. The van der Waals surface area contributed by atoms with Crippen molar-refractivity contribution in [2.75, 3.05) is 39.3 Å². The fourth-order valence-corrected chi connectivity index (χ4v) is 19.2. The van der Waals surface area contributed by atoms with E-state index in [0.717, 1.165) is 49.0 Å². The molecule has 5 aromatic carbocycles. The van der Waals surface area contributed by atoms with Gasteiger partial charge in [0.2, 0.25) is 76.8 Å². The highest BCUT2D eigenvalue weighted by molar-refractivity contribution is 6.02. The van der Waals surface area contributed by atoms with E-state index in [9.17, 15) is 19.2 Å². The molecule has 5 aromatic heterocycles. The molecule has 3 fully saturated rings. The molecule has 39 heteroatoms. The molecule has 28 N–H and O–H groups in total. The average Bonchev–Trinajstić information content (AvgIpc) is 1.66. The molecule has 3 saturated heterocycles. The van der Waals surface area contributed by atoms with Gasteiger partial charge in [-0.05, 0) is 166 Å². The van der Waals surface area contributed by atoms with Crippen LogP contribution in [0, 0.1) is 22.7 Å². The Labute approximate surface area is 804 Å². The number of aromatic nitrogens is 5. The molecule has 0 saturated carbocycles. The number of fused-ring (bicyclic) bond motifs is 5. The summed E-state index contributed by atoms with van der Waals surface area (Å²) in [7, 11) is 0. The van der Waals surface area contributed by atoms with Gasteiger partial charge in [-0.1, -0.05) is 125 Å². The zero-order chi connectivity index (χ0) is 99.1. The smallest absolute Gasteiger partial charge is 0.246 e. The van der Waals surface area contributed by atoms with Gasteiger partial charge in [0, 0.05) is 150 Å². The van der Waals surface area contributed by atoms with Crippen molar-refractivity contribution in [3.05, 3.63) is 180 Å². The van der Waals surface area contributed by atoms with Gasteiger partial charge in [0.05, 0.1) is 6.04 Å². The Bertz CT molecular complexity index is 6070. The zero-order valence-corrected chi connectivity index (χ0v) is 79.0. The van der Waals surface area contributed by atoms with E-state index >= 15 is 43.2 Å². The second kappa shape index (κ2) is 47.9. The van der Waals surface area contributed by atoms with Crippen LogP contribution in [-0.2, 0) is 94.4 Å². The maximum Gasteiger partial charge on any atom is 0.246 e. The number of amides is 13. The van der Waals surface area contributed by atoms with Crippen molar-refractivity contribution in [2.45, 2.75) is 235 Å². The number of hydrogen-bond acceptors (Lipinski definition) is 17. The van der Waals surface area contributed by atoms with E-state index in [2.05, 4.69) is 83.4 Å². The molecule has 13 amide bonds. The van der Waals surface area contributed by atoms with Crippen LogP contribution in [-0.4, -0.2) is 246 Å². The molecule has 139 heavy (non-hydrogen) atoms. The van der Waals surface area contributed by atoms with Crippen LogP contribution in [0.25, 0.3) is 54.5 Å². The maximum atomic E-state index is 16.1. The third-order valence-electron chi connectivity index (χ3n) is 26.9. The summed E-state index contributed by atoms with van der Waals surface area (Å²) >= 11 is 0. The molecule has 0 aliphatic carbocycles. The second-order valence-corrected chi connectivity index (χ2v) is 37.1. The summed E-state index contributed by atoms with van der Waals surface area (Å²) in [6.07, 6.45) is 11.5. The van der Waals surface area contributed by atoms with Gasteiger partial charge in [-0.3, -0.25) is 73.1 Å². The summed E-state index contributed by atoms with van der Waals surface area (Å²) in [5.41, 5.74) is 36.1. The number of nitrogens with zero attached hydrogens (tertiary/aromatic N) is 3. The molecule has 8 heterocycles. The van der Waals surface area contributed by atoms with Crippen molar-refractivity contribution in [3.8, 4) is 0 Å². The molecule has 13 rings (SSSR count). The molecule has 0 unspecified atom stereocenters. The Morgan fingerprint density at radius 2 is 0.647 bits per heavy atom. The van der Waals surface area contributed by atoms with Crippen LogP contribution in [0.1, 0.15) is 152 Å². The number of rotatable bonds is 48. The number of likely N-dealkylation sites (tertiary alicyclic amines) is 3. The highest BCUT2D eigenvalue weighted by Gasteiger charge is 2.46. The second-order valence-electron chi connectivity index (χ2n) is 37.1. The first-order valence-electron chi connectivity index (χ1n) is 48.2. The number of guanidine groups is 2. The number of carbonyl (C=O) groups is 13. The first-order valence-corrected chi connectivity index (χ1v) is 48.2. The SMILES string of the molecule is CC[C@H](C)[C@H](N)C(=O)N[C@@H](CC(C)C)C(=O)N1CCC[C@H]1C(=O)N[C@@H](Cc1c[nH]c2ccccc12)C(=O)N[C@@H](CCCCN)C(=O)N[C@@H](Cc1c[nH]c2ccccc12)C(=O)N1CCC[C@H]1C(=O)N[C@H](Cc1c[nH]c2ccccc12)C(=O)N[C@@H](Cc1c[nH]c2ccccc12)C(=O)N1CCC[C@H]1C(=O)N[C@@H](Cc1c[nH]c2ccccc12)C(=O)N[C@@H](CCCNC(=N)N)C(=O)N[C@@H](CCCNC(=N)N)C(N)=O. The molecule has 39 nitrogen and oxygen atoms in total. The van der Waals surface area contributed by atoms with E-state index < -0.39 is 155 Å². The van der Waals surface area contributed by atoms with Crippen molar-refractivity contribution >= 4 is 143 Å². The van der Waals surface area contributed by atoms with Crippen LogP contribution >= 0.6 is 0 Å². The van der Waals surface area contributed by atoms with E-state index in [4.69, 9.17) is 39.5 Å². The summed E-state index contributed by atoms with van der Waals surface area (Å²) in [6.45, 7) is 8.37. The van der Waals surface area contributed by atoms with E-state index in [-0.39, 0.29) is 153 Å². The number of carbonyl (C=O) groups excluding carboxylic acids is 13. The lowest BCUT2D eigenvalue weighted by Gasteiger charge is -2.32. The molecule has 14 atom stereocenters. The van der Waals surface area contributed by atoms with Gasteiger partial charge in [-0.15, -0.1) is 0 Å². The minimum atomic E-state index is -1.48. The van der Waals surface area contributed by atoms with Crippen LogP contribution in [0.3, 0.4) is 0 Å². The fraction of sp³-hybridized carbons (Fsp3) is 0.450. The summed E-state index contributed by atoms with van der Waals surface area (Å²) in [4.78, 5) is 217. The Kier molecular flexibility index (Phi) is 35.1. The third-order valence-corrected chi connectivity index (χ3v) is 26.9. The number of aromatic amines is 5. The van der Waals surface area contributed by atoms with Gasteiger partial charge in [-0.2, -0.15) is 0 Å². The molecule has 0 bridgehead atoms. The third kappa shape index (κ3) is 26.0. The molecule has 0 spiro atoms. The predicted molar refractivity (Wildman–Crippen MR) is 529 cm³/mol. The topological polar surface area (TPSA) is 621 Å². The van der Waals surface area contributed by atoms with Gasteiger partial charge in [0.25, 0.3) is 0 Å². The predicted octanol–water partition coefficient (Wildman–Crippen LogP) is 3.50. The van der Waals surface area contributed by atoms with Crippen molar-refractivity contribution in [1.29, 1.82) is 10.8 Å². The molecular formula is C100H132N26O13.